The molecule has 0 amide bonds. The Kier molecular flexibility index (Phi) is 101. The quantitative estimate of drug-likeness (QED) is 0.265. The topological polar surface area (TPSA) is 497 Å². The zero-order valence-electron chi connectivity index (χ0n) is 10.1. The van der Waals surface area contributed by atoms with Gasteiger partial charge in [0.05, 0.1) is 0 Å². The molecule has 0 atom stereocenters. The van der Waals surface area contributed by atoms with Crippen molar-refractivity contribution in [3.05, 3.63) is 0 Å². The molecule has 0 aromatic heterocycles. The van der Waals surface area contributed by atoms with E-state index in [0.717, 1.165) is 0 Å². The minimum Gasteiger partial charge on any atom is -0.412 e. The molecule has 0 radical (unpaired) electrons. The van der Waals surface area contributed by atoms with Gasteiger partial charge in [0.1, 0.15) is 0 Å². The molecular formula is H14Cl3LaO19. The van der Waals surface area contributed by atoms with Crippen LogP contribution in [0.5, 0.6) is 0 Å². The first-order valence-electron chi connectivity index (χ1n) is 1.85. The molecule has 0 aliphatic rings. The van der Waals surface area contributed by atoms with Gasteiger partial charge < -0.3 is 38.3 Å². The average Bonchev–Trinajstić information content (AvgIpc) is 1.41. The molecule has 14 N–H and O–H groups in total. The van der Waals surface area contributed by atoms with E-state index in [4.69, 9.17) is 55.9 Å². The molecule has 23 heavy (non-hydrogen) atoms. The Morgan fingerprint density at radius 1 is 0.261 bits per heavy atom. The molecule has 19 nitrogen and oxygen atoms in total. The van der Waals surface area contributed by atoms with Crippen molar-refractivity contribution >= 4 is 0 Å². The minimum atomic E-state index is -4.94. The maximum absolute atomic E-state index is 8.49. The first-order valence-corrected chi connectivity index (χ1v) is 5.55. The summed E-state index contributed by atoms with van der Waals surface area (Å²) in [6.07, 6.45) is 0. The van der Waals surface area contributed by atoms with Crippen LogP contribution in [0.4, 0.5) is 0 Å². The van der Waals surface area contributed by atoms with Crippen molar-refractivity contribution in [3.63, 3.8) is 0 Å². The SMILES string of the molecule is O.O.O.O.O.O.O.[La+3].[O-][Cl+3]([O-])([O-])[O-].[O-][Cl+3]([O-])([O-])[O-].[O-][Cl+3]([O-])([O-])[O-]. The van der Waals surface area contributed by atoms with Crippen LogP contribution < -0.4 is 55.9 Å². The molecule has 0 spiro atoms. The Hall–Kier alpha value is 1.30. The normalized spacial score (nSPS) is 7.83. The van der Waals surface area contributed by atoms with Crippen molar-refractivity contribution in [3.8, 4) is 0 Å². The van der Waals surface area contributed by atoms with Crippen LogP contribution in [0.2, 0.25) is 0 Å². The zero-order valence-corrected chi connectivity index (χ0v) is 16.0. The van der Waals surface area contributed by atoms with Crippen LogP contribution >= 0.6 is 0 Å². The maximum atomic E-state index is 8.49. The van der Waals surface area contributed by atoms with Gasteiger partial charge in [-0.05, 0) is 0 Å². The second-order valence-electron chi connectivity index (χ2n) is 1.13. The van der Waals surface area contributed by atoms with Crippen LogP contribution in [-0.4, -0.2) is 38.3 Å². The monoisotopic (exact) mass is 562 g/mol. The molecule has 0 heterocycles. The van der Waals surface area contributed by atoms with Crippen molar-refractivity contribution in [1.29, 1.82) is 0 Å². The number of hydrogen-bond acceptors (Lipinski definition) is 12. The van der Waals surface area contributed by atoms with Gasteiger partial charge in [-0.15, -0.1) is 30.7 Å². The molecule has 23 heteroatoms. The maximum Gasteiger partial charge on any atom is 3.00 e. The molecule has 0 aliphatic heterocycles. The van der Waals surface area contributed by atoms with Gasteiger partial charge in [-0.1, -0.05) is 0 Å². The van der Waals surface area contributed by atoms with Crippen molar-refractivity contribution in [2.75, 3.05) is 0 Å². The van der Waals surface area contributed by atoms with E-state index < -0.39 is 30.7 Å². The fraction of sp³-hybridized carbons (Fsp3) is 0. The minimum absolute atomic E-state index is 0. The van der Waals surface area contributed by atoms with Gasteiger partial charge in [-0.25, -0.2) is 55.9 Å². The molecule has 0 fully saturated rings. The van der Waals surface area contributed by atoms with Crippen molar-refractivity contribution in [2.45, 2.75) is 0 Å². The summed E-state index contributed by atoms with van der Waals surface area (Å²) in [5.41, 5.74) is 0. The van der Waals surface area contributed by atoms with E-state index in [9.17, 15) is 0 Å². The molecule has 0 rings (SSSR count). The molecule has 0 aromatic carbocycles. The summed E-state index contributed by atoms with van der Waals surface area (Å²) < 4.78 is 102. The van der Waals surface area contributed by atoms with Gasteiger partial charge in [0.2, 0.25) is 0 Å². The predicted octanol–water partition coefficient (Wildman–Crippen LogP) is -20.0. The number of rotatable bonds is 0. The predicted molar refractivity (Wildman–Crippen MR) is 25.3 cm³/mol. The third-order valence-electron chi connectivity index (χ3n) is 0. The van der Waals surface area contributed by atoms with Gasteiger partial charge in [0.25, 0.3) is 0 Å². The number of hydrogen-bond donors (Lipinski definition) is 0. The van der Waals surface area contributed by atoms with Gasteiger partial charge in [-0.3, -0.25) is 0 Å². The van der Waals surface area contributed by atoms with Crippen molar-refractivity contribution in [2.24, 2.45) is 0 Å². The Balaban J connectivity index is -0.00000000889. The molecule has 0 aliphatic carbocycles. The zero-order chi connectivity index (χ0) is 13.5. The summed E-state index contributed by atoms with van der Waals surface area (Å²) in [6, 6.07) is 0. The summed E-state index contributed by atoms with van der Waals surface area (Å²) in [5, 5.41) is 0. The third kappa shape index (κ3) is 6210. The van der Waals surface area contributed by atoms with E-state index >= 15 is 0 Å². The molecule has 0 aromatic rings. The molecule has 152 valence electrons. The fourth-order valence-corrected chi connectivity index (χ4v) is 0. The van der Waals surface area contributed by atoms with E-state index in [2.05, 4.69) is 0 Å². The van der Waals surface area contributed by atoms with Gasteiger partial charge in [0, 0.05) is 0 Å². The number of halogens is 3. The average molecular weight is 563 g/mol. The molecule has 0 bridgehead atoms. The summed E-state index contributed by atoms with van der Waals surface area (Å²) in [6.45, 7) is 0. The summed E-state index contributed by atoms with van der Waals surface area (Å²) in [5.74, 6) is 0. The van der Waals surface area contributed by atoms with E-state index in [1.165, 1.54) is 0 Å². The Labute approximate surface area is 160 Å². The van der Waals surface area contributed by atoms with Crippen molar-refractivity contribution in [1.82, 2.24) is 0 Å². The molecule has 0 saturated heterocycles. The Morgan fingerprint density at radius 2 is 0.261 bits per heavy atom. The van der Waals surface area contributed by atoms with Gasteiger partial charge in [-0.2, -0.15) is 0 Å². The van der Waals surface area contributed by atoms with Crippen LogP contribution in [0.3, 0.4) is 0 Å². The van der Waals surface area contributed by atoms with Gasteiger partial charge in [0.15, 0.2) is 0 Å². The summed E-state index contributed by atoms with van der Waals surface area (Å²) in [4.78, 5) is 0. The molecule has 0 unspecified atom stereocenters. The summed E-state index contributed by atoms with van der Waals surface area (Å²) >= 11 is 0. The second kappa shape index (κ2) is 31.1. The molecular weight excluding hydrogens is 549 g/mol. The van der Waals surface area contributed by atoms with Crippen molar-refractivity contribution < 1.29 is 161 Å². The van der Waals surface area contributed by atoms with Crippen LogP contribution in [0.15, 0.2) is 0 Å². The largest absolute Gasteiger partial charge is 3.00 e. The first-order chi connectivity index (χ1) is 6.00. The van der Waals surface area contributed by atoms with E-state index in [0.29, 0.717) is 0 Å². The third-order valence-corrected chi connectivity index (χ3v) is 0. The first kappa shape index (κ1) is 74.6. The molecule has 0 saturated carbocycles. The van der Waals surface area contributed by atoms with E-state index in [-0.39, 0.29) is 73.9 Å². The van der Waals surface area contributed by atoms with Crippen LogP contribution in [0.1, 0.15) is 0 Å². The Morgan fingerprint density at radius 3 is 0.261 bits per heavy atom. The van der Waals surface area contributed by atoms with Crippen LogP contribution in [0, 0.1) is 66.3 Å². The van der Waals surface area contributed by atoms with E-state index in [1.807, 2.05) is 0 Å². The van der Waals surface area contributed by atoms with Crippen LogP contribution in [0.25, 0.3) is 0 Å². The van der Waals surface area contributed by atoms with Crippen LogP contribution in [-0.2, 0) is 0 Å². The standard InChI is InChI=1S/3ClHO4.La.7H2O/c3*2-1(3,4)5;;;;;;;;/h3*(H,2,3,4,5);;7*1H2/q;;;+3;;;;;;;/p-3. The second-order valence-corrected chi connectivity index (χ2v) is 3.40. The van der Waals surface area contributed by atoms with E-state index in [1.54, 1.807) is 0 Å². The van der Waals surface area contributed by atoms with Gasteiger partial charge >= 0.3 is 35.6 Å². The summed E-state index contributed by atoms with van der Waals surface area (Å²) in [7, 11) is -14.8. The smallest absolute Gasteiger partial charge is 0.412 e. The Bertz CT molecular complexity index is 93.6. The fourth-order valence-electron chi connectivity index (χ4n) is 0.